The first kappa shape index (κ1) is 15.6. The zero-order valence-corrected chi connectivity index (χ0v) is 12.9. The monoisotopic (exact) mass is 323 g/mol. The Morgan fingerprint density at radius 1 is 1.00 bits per heavy atom. The van der Waals surface area contributed by atoms with E-state index < -0.39 is 6.09 Å². The molecule has 0 saturated carbocycles. The molecule has 24 heavy (non-hydrogen) atoms. The van der Waals surface area contributed by atoms with Crippen molar-refractivity contribution in [3.63, 3.8) is 0 Å². The van der Waals surface area contributed by atoms with Gasteiger partial charge in [0.2, 0.25) is 0 Å². The summed E-state index contributed by atoms with van der Waals surface area (Å²) in [7, 11) is 0. The molecule has 6 heteroatoms. The van der Waals surface area contributed by atoms with Crippen LogP contribution in [0, 0.1) is 0 Å². The zero-order valence-electron chi connectivity index (χ0n) is 12.9. The van der Waals surface area contributed by atoms with Crippen molar-refractivity contribution in [2.75, 3.05) is 5.32 Å². The van der Waals surface area contributed by atoms with Crippen LogP contribution in [0.2, 0.25) is 0 Å². The van der Waals surface area contributed by atoms with Gasteiger partial charge in [-0.1, -0.05) is 36.4 Å². The first-order valence-electron chi connectivity index (χ1n) is 7.59. The van der Waals surface area contributed by atoms with Crippen LogP contribution in [0.1, 0.15) is 12.0 Å². The summed E-state index contributed by atoms with van der Waals surface area (Å²) in [5.74, 6) is -0.358. The molecule has 0 atom stereocenters. The van der Waals surface area contributed by atoms with Gasteiger partial charge >= 0.3 is 6.09 Å². The van der Waals surface area contributed by atoms with Crippen molar-refractivity contribution in [2.24, 2.45) is 0 Å². The lowest BCUT2D eigenvalue weighted by Gasteiger charge is -2.07. The summed E-state index contributed by atoms with van der Waals surface area (Å²) in [5, 5.41) is 3.60. The van der Waals surface area contributed by atoms with E-state index in [1.54, 1.807) is 24.3 Å². The first-order chi connectivity index (χ1) is 11.7. The normalized spacial score (nSPS) is 10.3. The molecule has 0 unspecified atom stereocenters. The van der Waals surface area contributed by atoms with Gasteiger partial charge in [0.05, 0.1) is 0 Å². The lowest BCUT2D eigenvalue weighted by atomic mass is 10.1. The van der Waals surface area contributed by atoms with Gasteiger partial charge in [-0.3, -0.25) is 10.1 Å². The van der Waals surface area contributed by atoms with Crippen LogP contribution in [0.4, 0.5) is 10.5 Å². The Morgan fingerprint density at radius 2 is 1.75 bits per heavy atom. The number of aryl methyl sites for hydroxylation is 1. The summed E-state index contributed by atoms with van der Waals surface area (Å²) in [6, 6.07) is 16.7. The van der Waals surface area contributed by atoms with Gasteiger partial charge in [0, 0.05) is 29.2 Å². The molecule has 0 spiro atoms. The maximum Gasteiger partial charge on any atom is 0.436 e. The molecule has 0 aliphatic heterocycles. The largest absolute Gasteiger partial charge is 0.436 e. The SMILES string of the molecule is O=C(CCc1c[nH]c2ccccc12)NOC(=O)Nc1ccccc1. The van der Waals surface area contributed by atoms with Crippen LogP contribution in [0.15, 0.2) is 60.8 Å². The zero-order chi connectivity index (χ0) is 16.8. The molecular weight excluding hydrogens is 306 g/mol. The highest BCUT2D eigenvalue weighted by molar-refractivity contribution is 5.86. The van der Waals surface area contributed by atoms with Gasteiger partial charge in [0.1, 0.15) is 0 Å². The second kappa shape index (κ2) is 7.32. The summed E-state index contributed by atoms with van der Waals surface area (Å²) in [5.41, 5.74) is 4.83. The van der Waals surface area contributed by atoms with Crippen molar-refractivity contribution in [1.29, 1.82) is 0 Å². The number of fused-ring (bicyclic) bond motifs is 1. The highest BCUT2D eigenvalue weighted by Crippen LogP contribution is 2.18. The highest BCUT2D eigenvalue weighted by Gasteiger charge is 2.09. The number of H-pyrrole nitrogens is 1. The van der Waals surface area contributed by atoms with E-state index in [1.807, 2.05) is 36.5 Å². The summed E-state index contributed by atoms with van der Waals surface area (Å²) in [6.07, 6.45) is 1.93. The second-order valence-electron chi connectivity index (χ2n) is 5.27. The lowest BCUT2D eigenvalue weighted by molar-refractivity contribution is -0.129. The molecule has 1 heterocycles. The molecule has 2 aromatic carbocycles. The summed E-state index contributed by atoms with van der Waals surface area (Å²) >= 11 is 0. The van der Waals surface area contributed by atoms with Gasteiger partial charge in [-0.2, -0.15) is 5.48 Å². The maximum absolute atomic E-state index is 11.8. The number of hydrogen-bond acceptors (Lipinski definition) is 3. The molecule has 3 aromatic rings. The minimum atomic E-state index is -0.735. The summed E-state index contributed by atoms with van der Waals surface area (Å²) in [6.45, 7) is 0. The number of carbonyl (C=O) groups is 2. The Hall–Kier alpha value is -3.28. The van der Waals surface area contributed by atoms with Crippen molar-refractivity contribution < 1.29 is 14.4 Å². The number of anilines is 1. The van der Waals surface area contributed by atoms with Crippen molar-refractivity contribution in [1.82, 2.24) is 10.5 Å². The Kier molecular flexibility index (Phi) is 4.76. The van der Waals surface area contributed by atoms with Crippen molar-refractivity contribution >= 4 is 28.6 Å². The van der Waals surface area contributed by atoms with Crippen molar-refractivity contribution in [2.45, 2.75) is 12.8 Å². The number of hydrogen-bond donors (Lipinski definition) is 3. The number of carbonyl (C=O) groups excluding carboxylic acids is 2. The standard InChI is InChI=1S/C18H17N3O3/c22-17(21-24-18(23)20-14-6-2-1-3-7-14)11-10-13-12-19-16-9-5-4-8-15(13)16/h1-9,12,19H,10-11H2,(H,20,23)(H,21,22). The fourth-order valence-corrected chi connectivity index (χ4v) is 2.41. The number of nitrogens with one attached hydrogen (secondary N) is 3. The van der Waals surface area contributed by atoms with Gasteiger partial charge in [-0.25, -0.2) is 4.79 Å². The molecule has 0 bridgehead atoms. The molecule has 0 aliphatic carbocycles. The second-order valence-corrected chi connectivity index (χ2v) is 5.27. The quantitative estimate of drug-likeness (QED) is 0.644. The van der Waals surface area contributed by atoms with Gasteiger partial charge in [-0.15, -0.1) is 0 Å². The van der Waals surface area contributed by atoms with Gasteiger partial charge < -0.3 is 9.82 Å². The van der Waals surface area contributed by atoms with Gasteiger partial charge in [0.25, 0.3) is 5.91 Å². The number of rotatable bonds is 4. The number of para-hydroxylation sites is 2. The fourth-order valence-electron chi connectivity index (χ4n) is 2.41. The average Bonchev–Trinajstić information content (AvgIpc) is 3.02. The molecule has 0 saturated heterocycles. The topological polar surface area (TPSA) is 83.2 Å². The highest BCUT2D eigenvalue weighted by atomic mass is 16.7. The Bertz CT molecular complexity index is 843. The van der Waals surface area contributed by atoms with Crippen molar-refractivity contribution in [3.8, 4) is 0 Å². The molecular formula is C18H17N3O3. The molecule has 122 valence electrons. The molecule has 6 nitrogen and oxygen atoms in total. The minimum Gasteiger partial charge on any atom is -0.361 e. The molecule has 0 radical (unpaired) electrons. The number of amides is 2. The first-order valence-corrected chi connectivity index (χ1v) is 7.59. The van der Waals surface area contributed by atoms with E-state index in [-0.39, 0.29) is 12.3 Å². The van der Waals surface area contributed by atoms with Crippen LogP contribution in [-0.2, 0) is 16.1 Å². The Labute approximate surface area is 138 Å². The summed E-state index contributed by atoms with van der Waals surface area (Å²) < 4.78 is 0. The molecule has 1 aromatic heterocycles. The predicted octanol–water partition coefficient (Wildman–Crippen LogP) is 3.38. The number of hydroxylamine groups is 1. The minimum absolute atomic E-state index is 0.223. The Balaban J connectivity index is 1.45. The van der Waals surface area contributed by atoms with Crippen LogP contribution in [-0.4, -0.2) is 17.0 Å². The number of aromatic amines is 1. The predicted molar refractivity (Wildman–Crippen MR) is 91.3 cm³/mol. The van der Waals surface area contributed by atoms with E-state index in [1.165, 1.54) is 0 Å². The molecule has 3 rings (SSSR count). The van der Waals surface area contributed by atoms with E-state index >= 15 is 0 Å². The van der Waals surface area contributed by atoms with Crippen LogP contribution >= 0.6 is 0 Å². The fraction of sp³-hybridized carbons (Fsp3) is 0.111. The Morgan fingerprint density at radius 3 is 2.58 bits per heavy atom. The average molecular weight is 323 g/mol. The molecule has 3 N–H and O–H groups in total. The third-order valence-corrected chi connectivity index (χ3v) is 3.57. The van der Waals surface area contributed by atoms with Crippen LogP contribution < -0.4 is 10.8 Å². The molecule has 0 fully saturated rings. The van der Waals surface area contributed by atoms with Crippen LogP contribution in [0.25, 0.3) is 10.9 Å². The van der Waals surface area contributed by atoms with E-state index in [2.05, 4.69) is 15.8 Å². The van der Waals surface area contributed by atoms with Crippen LogP contribution in [0.5, 0.6) is 0 Å². The molecule has 0 aliphatic rings. The van der Waals surface area contributed by atoms with E-state index in [4.69, 9.17) is 4.84 Å². The van der Waals surface area contributed by atoms with Gasteiger partial charge in [0.15, 0.2) is 0 Å². The smallest absolute Gasteiger partial charge is 0.361 e. The third kappa shape index (κ3) is 3.92. The van der Waals surface area contributed by atoms with E-state index in [0.717, 1.165) is 16.5 Å². The van der Waals surface area contributed by atoms with Gasteiger partial charge in [-0.05, 0) is 30.2 Å². The van der Waals surface area contributed by atoms with E-state index in [9.17, 15) is 9.59 Å². The number of benzene rings is 2. The maximum atomic E-state index is 11.8. The third-order valence-electron chi connectivity index (χ3n) is 3.57. The summed E-state index contributed by atoms with van der Waals surface area (Å²) in [4.78, 5) is 31.2. The van der Waals surface area contributed by atoms with E-state index in [0.29, 0.717) is 12.1 Å². The van der Waals surface area contributed by atoms with Crippen molar-refractivity contribution in [3.05, 3.63) is 66.4 Å². The molecule has 2 amide bonds. The lowest BCUT2D eigenvalue weighted by Crippen LogP contribution is -2.29. The van der Waals surface area contributed by atoms with Crippen LogP contribution in [0.3, 0.4) is 0 Å². The number of aromatic nitrogens is 1.